The van der Waals surface area contributed by atoms with Crippen LogP contribution in [0, 0.1) is 12.8 Å². The second-order valence-corrected chi connectivity index (χ2v) is 10.1. The Kier molecular flexibility index (Phi) is 6.97. The normalized spacial score (nSPS) is 19.6. The molecule has 10 nitrogen and oxygen atoms in total. The van der Waals surface area contributed by atoms with Crippen molar-refractivity contribution in [3.8, 4) is 0 Å². The monoisotopic (exact) mass is 562 g/mol. The summed E-state index contributed by atoms with van der Waals surface area (Å²) in [6.07, 6.45) is -1.23. The first-order valence-electron chi connectivity index (χ1n) is 13.3. The van der Waals surface area contributed by atoms with Crippen LogP contribution in [0.3, 0.4) is 0 Å². The maximum Gasteiger partial charge on any atom is 0.307 e. The number of aromatic nitrogens is 1. The van der Waals surface area contributed by atoms with Crippen molar-refractivity contribution in [2.75, 3.05) is 15.3 Å². The summed E-state index contributed by atoms with van der Waals surface area (Å²) in [4.78, 5) is 62.9. The predicted octanol–water partition coefficient (Wildman–Crippen LogP) is 4.32. The van der Waals surface area contributed by atoms with Gasteiger partial charge in [-0.2, -0.15) is 0 Å². The van der Waals surface area contributed by atoms with Gasteiger partial charge in [-0.05, 0) is 66.6 Å². The summed E-state index contributed by atoms with van der Waals surface area (Å²) in [5, 5.41) is 13.4. The molecule has 10 heteroatoms. The minimum absolute atomic E-state index is 0.167. The van der Waals surface area contributed by atoms with Gasteiger partial charge in [0.15, 0.2) is 6.10 Å². The van der Waals surface area contributed by atoms with Crippen LogP contribution in [0.4, 0.5) is 17.2 Å². The van der Waals surface area contributed by atoms with Gasteiger partial charge < -0.3 is 10.4 Å². The zero-order chi connectivity index (χ0) is 29.4. The number of imide groups is 1. The molecule has 3 amide bonds. The number of carboxylic acid groups (broad SMARTS) is 1. The number of fused-ring (bicyclic) bond motifs is 1. The van der Waals surface area contributed by atoms with Gasteiger partial charge in [-0.1, -0.05) is 48.5 Å². The van der Waals surface area contributed by atoms with E-state index >= 15 is 0 Å². The van der Waals surface area contributed by atoms with Crippen LogP contribution < -0.4 is 15.3 Å². The molecule has 3 aromatic carbocycles. The van der Waals surface area contributed by atoms with Gasteiger partial charge >= 0.3 is 5.97 Å². The first kappa shape index (κ1) is 26.9. The maximum atomic E-state index is 13.9. The number of anilines is 3. The summed E-state index contributed by atoms with van der Waals surface area (Å²) in [5.41, 5.74) is 3.45. The number of carbonyl (C=O) groups is 4. The smallest absolute Gasteiger partial charge is 0.307 e. The van der Waals surface area contributed by atoms with E-state index in [0.29, 0.717) is 33.9 Å². The number of benzene rings is 3. The van der Waals surface area contributed by atoms with E-state index in [0.717, 1.165) is 10.6 Å². The zero-order valence-corrected chi connectivity index (χ0v) is 22.5. The Balaban J connectivity index is 1.30. The Morgan fingerprint density at radius 2 is 1.57 bits per heavy atom. The van der Waals surface area contributed by atoms with E-state index < -0.39 is 35.8 Å². The number of hydroxylamine groups is 1. The van der Waals surface area contributed by atoms with Crippen molar-refractivity contribution >= 4 is 40.9 Å². The molecule has 2 fully saturated rings. The molecule has 42 heavy (non-hydrogen) atoms. The van der Waals surface area contributed by atoms with E-state index in [1.807, 2.05) is 49.4 Å². The van der Waals surface area contributed by atoms with E-state index in [1.54, 1.807) is 59.7 Å². The number of nitrogens with one attached hydrogen (secondary N) is 1. The molecule has 0 saturated carbocycles. The fourth-order valence-corrected chi connectivity index (χ4v) is 5.38. The number of nitrogens with zero attached hydrogens (tertiary/aromatic N) is 3. The van der Waals surface area contributed by atoms with E-state index in [-0.39, 0.29) is 12.3 Å². The Labute approximate surface area is 241 Å². The summed E-state index contributed by atoms with van der Waals surface area (Å²) >= 11 is 0. The number of aryl methyl sites for hydroxylation is 1. The second kappa shape index (κ2) is 10.9. The highest BCUT2D eigenvalue weighted by atomic mass is 16.7. The summed E-state index contributed by atoms with van der Waals surface area (Å²) in [7, 11) is 0. The fraction of sp³-hybridized carbons (Fsp3) is 0.156. The molecule has 0 aliphatic carbocycles. The molecule has 2 N–H and O–H groups in total. The number of hydrogen-bond donors (Lipinski definition) is 2. The van der Waals surface area contributed by atoms with E-state index in [9.17, 15) is 19.2 Å². The molecule has 2 aliphatic rings. The van der Waals surface area contributed by atoms with Crippen molar-refractivity contribution in [3.05, 3.63) is 119 Å². The molecule has 2 saturated heterocycles. The highest BCUT2D eigenvalue weighted by Crippen LogP contribution is 2.47. The van der Waals surface area contributed by atoms with Gasteiger partial charge in [0.1, 0.15) is 11.7 Å². The minimum Gasteiger partial charge on any atom is -0.481 e. The number of pyridine rings is 1. The molecule has 0 spiro atoms. The van der Waals surface area contributed by atoms with Crippen LogP contribution in [0.1, 0.15) is 33.2 Å². The SMILES string of the molecule is Cc1cccc(NC(=O)c2ccc([C@H]3[C@@H]4C(=O)N(c5ccc(CC(=O)O)cc5)C(=O)[C@@H]4ON3c3ccccc3)cc2)n1. The number of para-hydroxylation sites is 1. The Bertz CT molecular complexity index is 1670. The average molecular weight is 563 g/mol. The molecule has 0 radical (unpaired) electrons. The zero-order valence-electron chi connectivity index (χ0n) is 22.5. The fourth-order valence-electron chi connectivity index (χ4n) is 5.38. The molecule has 1 aromatic heterocycles. The van der Waals surface area contributed by atoms with Crippen molar-refractivity contribution in [1.82, 2.24) is 4.98 Å². The largest absolute Gasteiger partial charge is 0.481 e. The quantitative estimate of drug-likeness (QED) is 0.319. The van der Waals surface area contributed by atoms with Gasteiger partial charge in [0.2, 0.25) is 5.91 Å². The van der Waals surface area contributed by atoms with E-state index in [1.165, 1.54) is 0 Å². The van der Waals surface area contributed by atoms with Crippen molar-refractivity contribution in [2.24, 2.45) is 5.92 Å². The molecule has 0 unspecified atom stereocenters. The molecule has 2 aliphatic heterocycles. The van der Waals surface area contributed by atoms with Gasteiger partial charge in [-0.3, -0.25) is 24.0 Å². The van der Waals surface area contributed by atoms with Crippen molar-refractivity contribution in [1.29, 1.82) is 0 Å². The number of hydrogen-bond acceptors (Lipinski definition) is 7. The highest BCUT2D eigenvalue weighted by molar-refractivity contribution is 6.24. The molecule has 3 atom stereocenters. The van der Waals surface area contributed by atoms with Gasteiger partial charge in [0.05, 0.1) is 23.8 Å². The average Bonchev–Trinajstić information content (AvgIpc) is 3.49. The lowest BCUT2D eigenvalue weighted by atomic mass is 9.90. The Morgan fingerprint density at radius 1 is 0.857 bits per heavy atom. The lowest BCUT2D eigenvalue weighted by Crippen LogP contribution is -2.37. The molecule has 210 valence electrons. The number of carbonyl (C=O) groups excluding carboxylic acids is 3. The first-order chi connectivity index (χ1) is 20.3. The lowest BCUT2D eigenvalue weighted by Gasteiger charge is -2.29. The number of aliphatic carboxylic acids is 1. The Hall–Kier alpha value is -5.35. The van der Waals surface area contributed by atoms with Crippen molar-refractivity contribution in [2.45, 2.75) is 25.5 Å². The maximum absolute atomic E-state index is 13.9. The molecule has 3 heterocycles. The van der Waals surface area contributed by atoms with Gasteiger partial charge in [-0.25, -0.2) is 14.9 Å². The van der Waals surface area contributed by atoms with Crippen LogP contribution in [0.15, 0.2) is 97.1 Å². The van der Waals surface area contributed by atoms with Gasteiger partial charge in [0.25, 0.3) is 11.8 Å². The Morgan fingerprint density at radius 3 is 2.24 bits per heavy atom. The molecular formula is C32H26N4O6. The van der Waals surface area contributed by atoms with Crippen LogP contribution >= 0.6 is 0 Å². The van der Waals surface area contributed by atoms with Crippen molar-refractivity contribution < 1.29 is 29.1 Å². The summed E-state index contributed by atoms with van der Waals surface area (Å²) in [6.45, 7) is 1.84. The topological polar surface area (TPSA) is 129 Å². The van der Waals surface area contributed by atoms with Crippen LogP contribution in [0.5, 0.6) is 0 Å². The summed E-state index contributed by atoms with van der Waals surface area (Å²) in [6, 6.07) is 27.0. The van der Waals surface area contributed by atoms with E-state index in [4.69, 9.17) is 9.94 Å². The molecule has 0 bridgehead atoms. The lowest BCUT2D eigenvalue weighted by molar-refractivity contribution is -0.136. The highest BCUT2D eigenvalue weighted by Gasteiger charge is 2.60. The summed E-state index contributed by atoms with van der Waals surface area (Å²) in [5.74, 6) is -2.64. The van der Waals surface area contributed by atoms with E-state index in [2.05, 4.69) is 10.3 Å². The minimum atomic E-state index is -1.06. The number of rotatable bonds is 7. The standard InChI is InChI=1S/C32H26N4O6/c1-19-6-5-9-25(33-19)34-30(39)22-14-12-21(13-15-22)28-27-29(42-36(28)24-7-3-2-4-8-24)32(41)35(31(27)40)23-16-10-20(11-17-23)18-26(37)38/h2-17,27-29H,18H2,1H3,(H,37,38)(H,33,34,39)/t27-,28-,29+/m0/s1. The summed E-state index contributed by atoms with van der Waals surface area (Å²) < 4.78 is 0. The second-order valence-electron chi connectivity index (χ2n) is 10.1. The first-order valence-corrected chi connectivity index (χ1v) is 13.3. The number of carboxylic acids is 1. The predicted molar refractivity (Wildman–Crippen MR) is 154 cm³/mol. The van der Waals surface area contributed by atoms with Crippen LogP contribution in [-0.2, 0) is 25.6 Å². The molecular weight excluding hydrogens is 536 g/mol. The van der Waals surface area contributed by atoms with Crippen LogP contribution in [0.2, 0.25) is 0 Å². The van der Waals surface area contributed by atoms with Crippen LogP contribution in [-0.4, -0.2) is 39.9 Å². The van der Waals surface area contributed by atoms with Gasteiger partial charge in [0, 0.05) is 11.3 Å². The third-order valence-electron chi connectivity index (χ3n) is 7.32. The van der Waals surface area contributed by atoms with Crippen LogP contribution in [0.25, 0.3) is 0 Å². The third-order valence-corrected chi connectivity index (χ3v) is 7.32. The number of amides is 3. The van der Waals surface area contributed by atoms with Crippen molar-refractivity contribution in [3.63, 3.8) is 0 Å². The third kappa shape index (κ3) is 4.99. The molecule has 6 rings (SSSR count). The molecule has 4 aromatic rings. The van der Waals surface area contributed by atoms with Gasteiger partial charge in [-0.15, -0.1) is 0 Å².